The van der Waals surface area contributed by atoms with Crippen LogP contribution in [-0.4, -0.2) is 43.3 Å². The number of aromatic nitrogens is 1. The van der Waals surface area contributed by atoms with Crippen LogP contribution in [0.5, 0.6) is 11.5 Å². The van der Waals surface area contributed by atoms with Gasteiger partial charge in [0, 0.05) is 24.6 Å². The van der Waals surface area contributed by atoms with Crippen LogP contribution in [0.1, 0.15) is 31.2 Å². The number of fused-ring (bicyclic) bond motifs is 3. The Balaban J connectivity index is 0.00000240. The monoisotopic (exact) mass is 382 g/mol. The van der Waals surface area contributed by atoms with Crippen molar-refractivity contribution in [1.82, 2.24) is 9.88 Å². The smallest absolute Gasteiger partial charge is 0.410 e. The number of rotatable bonds is 4. The van der Waals surface area contributed by atoms with Gasteiger partial charge in [-0.15, -0.1) is 0 Å². The van der Waals surface area contributed by atoms with Gasteiger partial charge in [-0.1, -0.05) is 12.1 Å². The van der Waals surface area contributed by atoms with E-state index in [1.807, 2.05) is 43.3 Å². The third-order valence-corrected chi connectivity index (χ3v) is 5.27. The summed E-state index contributed by atoms with van der Waals surface area (Å²) in [6, 6.07) is 13.6. The van der Waals surface area contributed by atoms with Crippen LogP contribution in [0, 0.1) is 0 Å². The molecule has 1 N–H and O–H groups in total. The van der Waals surface area contributed by atoms with Crippen LogP contribution in [0.2, 0.25) is 0 Å². The number of carbonyl (C=O) groups is 1. The SMILES string of the molecule is CCOC(=O)N1CCc2c([nH]c3ccc(OC)cc23)C1c1ccc(OC)cc1.[HH]. The van der Waals surface area contributed by atoms with E-state index < -0.39 is 0 Å². The highest BCUT2D eigenvalue weighted by Crippen LogP contribution is 2.40. The van der Waals surface area contributed by atoms with Crippen molar-refractivity contribution in [2.45, 2.75) is 19.4 Å². The molecule has 1 unspecified atom stereocenters. The maximum Gasteiger partial charge on any atom is 0.410 e. The van der Waals surface area contributed by atoms with Crippen molar-refractivity contribution in [2.24, 2.45) is 0 Å². The molecular formula is C22H26N2O4. The molecule has 0 radical (unpaired) electrons. The van der Waals surface area contributed by atoms with Gasteiger partial charge >= 0.3 is 6.09 Å². The van der Waals surface area contributed by atoms with Crippen molar-refractivity contribution in [3.63, 3.8) is 0 Å². The van der Waals surface area contributed by atoms with E-state index in [0.717, 1.165) is 40.1 Å². The Morgan fingerprint density at radius 2 is 1.86 bits per heavy atom. The van der Waals surface area contributed by atoms with Crippen LogP contribution in [0.25, 0.3) is 10.9 Å². The zero-order valence-corrected chi connectivity index (χ0v) is 16.3. The summed E-state index contributed by atoms with van der Waals surface area (Å²) in [4.78, 5) is 18.0. The second-order valence-electron chi connectivity index (χ2n) is 6.75. The average Bonchev–Trinajstić information content (AvgIpc) is 3.11. The molecule has 1 aliphatic rings. The second-order valence-corrected chi connectivity index (χ2v) is 6.75. The predicted octanol–water partition coefficient (Wildman–Crippen LogP) is 4.54. The van der Waals surface area contributed by atoms with E-state index in [1.165, 1.54) is 5.56 Å². The van der Waals surface area contributed by atoms with E-state index in [4.69, 9.17) is 14.2 Å². The fourth-order valence-electron chi connectivity index (χ4n) is 3.93. The van der Waals surface area contributed by atoms with Crippen LogP contribution in [0.4, 0.5) is 4.79 Å². The number of hydrogen-bond acceptors (Lipinski definition) is 4. The molecule has 0 saturated carbocycles. The Labute approximate surface area is 165 Å². The summed E-state index contributed by atoms with van der Waals surface area (Å²) in [7, 11) is 3.31. The van der Waals surface area contributed by atoms with Crippen LogP contribution in [0.3, 0.4) is 0 Å². The highest BCUT2D eigenvalue weighted by atomic mass is 16.6. The van der Waals surface area contributed by atoms with Crippen LogP contribution >= 0.6 is 0 Å². The minimum Gasteiger partial charge on any atom is -0.497 e. The number of ether oxygens (including phenoxy) is 3. The summed E-state index contributed by atoms with van der Waals surface area (Å²) in [5, 5.41) is 1.14. The molecule has 1 amide bonds. The van der Waals surface area contributed by atoms with Gasteiger partial charge in [-0.05, 0) is 54.8 Å². The topological polar surface area (TPSA) is 63.8 Å². The Kier molecular flexibility index (Phi) is 4.86. The molecule has 1 aromatic heterocycles. The largest absolute Gasteiger partial charge is 0.497 e. The summed E-state index contributed by atoms with van der Waals surface area (Å²) < 4.78 is 16.0. The lowest BCUT2D eigenvalue weighted by Gasteiger charge is -2.35. The molecule has 28 heavy (non-hydrogen) atoms. The summed E-state index contributed by atoms with van der Waals surface area (Å²) in [5.74, 6) is 1.60. The Morgan fingerprint density at radius 1 is 1.14 bits per heavy atom. The molecule has 6 nitrogen and oxygen atoms in total. The molecular weight excluding hydrogens is 356 g/mol. The molecule has 4 rings (SSSR count). The van der Waals surface area contributed by atoms with E-state index in [1.54, 1.807) is 19.1 Å². The number of aromatic amines is 1. The van der Waals surface area contributed by atoms with E-state index in [9.17, 15) is 4.79 Å². The Hall–Kier alpha value is -3.15. The lowest BCUT2D eigenvalue weighted by molar-refractivity contribution is 0.0932. The predicted molar refractivity (Wildman–Crippen MR) is 109 cm³/mol. The zero-order chi connectivity index (χ0) is 19.7. The Bertz CT molecular complexity index is 1000. The molecule has 148 valence electrons. The van der Waals surface area contributed by atoms with Crippen molar-refractivity contribution < 1.29 is 20.4 Å². The molecule has 0 saturated heterocycles. The van der Waals surface area contributed by atoms with Gasteiger partial charge in [-0.2, -0.15) is 0 Å². The van der Waals surface area contributed by atoms with Gasteiger partial charge in [0.15, 0.2) is 0 Å². The maximum absolute atomic E-state index is 12.7. The molecule has 6 heteroatoms. The third kappa shape index (κ3) is 3.05. The molecule has 0 spiro atoms. The first kappa shape index (κ1) is 18.2. The van der Waals surface area contributed by atoms with Gasteiger partial charge in [0.2, 0.25) is 0 Å². The van der Waals surface area contributed by atoms with Crippen molar-refractivity contribution in [3.8, 4) is 11.5 Å². The summed E-state index contributed by atoms with van der Waals surface area (Å²) in [6.07, 6.45) is 0.457. The zero-order valence-electron chi connectivity index (χ0n) is 16.3. The van der Waals surface area contributed by atoms with Gasteiger partial charge in [0.25, 0.3) is 0 Å². The normalized spacial score (nSPS) is 16.0. The van der Waals surface area contributed by atoms with Gasteiger partial charge in [-0.25, -0.2) is 4.79 Å². The van der Waals surface area contributed by atoms with Crippen molar-refractivity contribution in [3.05, 3.63) is 59.3 Å². The average molecular weight is 382 g/mol. The lowest BCUT2D eigenvalue weighted by Crippen LogP contribution is -2.40. The molecule has 3 aromatic rings. The Morgan fingerprint density at radius 3 is 2.54 bits per heavy atom. The van der Waals surface area contributed by atoms with Crippen molar-refractivity contribution >= 4 is 17.0 Å². The minimum atomic E-state index is -0.301. The fraction of sp³-hybridized carbons (Fsp3) is 0.318. The van der Waals surface area contributed by atoms with Gasteiger partial charge in [-0.3, -0.25) is 4.90 Å². The first-order chi connectivity index (χ1) is 13.7. The van der Waals surface area contributed by atoms with E-state index in [0.29, 0.717) is 13.2 Å². The van der Waals surface area contributed by atoms with E-state index in [-0.39, 0.29) is 13.6 Å². The summed E-state index contributed by atoms with van der Waals surface area (Å²) in [5.41, 5.74) is 4.28. The first-order valence-electron chi connectivity index (χ1n) is 9.42. The quantitative estimate of drug-likeness (QED) is 0.720. The molecule has 0 aliphatic carbocycles. The molecule has 0 fully saturated rings. The number of benzene rings is 2. The molecule has 1 aliphatic heterocycles. The minimum absolute atomic E-state index is 0. The van der Waals surface area contributed by atoms with Crippen LogP contribution in [0.15, 0.2) is 42.5 Å². The number of methoxy groups -OCH3 is 2. The van der Waals surface area contributed by atoms with Crippen molar-refractivity contribution in [2.75, 3.05) is 27.4 Å². The lowest BCUT2D eigenvalue weighted by atomic mass is 9.92. The first-order valence-corrected chi connectivity index (χ1v) is 9.42. The standard InChI is InChI=1S/C22H24N2O4.H2/c1-4-28-22(25)24-12-11-17-18-13-16(27-3)9-10-19(18)23-20(17)21(24)14-5-7-15(26-2)8-6-14;/h5-10,13,21,23H,4,11-12H2,1-3H3;1H. The van der Waals surface area contributed by atoms with E-state index in [2.05, 4.69) is 11.1 Å². The number of nitrogens with zero attached hydrogens (tertiary/aromatic N) is 1. The number of hydrogen-bond donors (Lipinski definition) is 1. The number of carbonyl (C=O) groups excluding carboxylic acids is 1. The van der Waals surface area contributed by atoms with Gasteiger partial charge in [0.1, 0.15) is 17.5 Å². The summed E-state index contributed by atoms with van der Waals surface area (Å²) >= 11 is 0. The second kappa shape index (κ2) is 7.46. The third-order valence-electron chi connectivity index (χ3n) is 5.27. The molecule has 2 heterocycles. The number of H-pyrrole nitrogens is 1. The van der Waals surface area contributed by atoms with Crippen LogP contribution in [-0.2, 0) is 11.2 Å². The number of nitrogens with one attached hydrogen (secondary N) is 1. The molecule has 0 bridgehead atoms. The van der Waals surface area contributed by atoms with Gasteiger partial charge in [0.05, 0.1) is 20.8 Å². The molecule has 2 aromatic carbocycles. The summed E-state index contributed by atoms with van der Waals surface area (Å²) in [6.45, 7) is 2.76. The highest BCUT2D eigenvalue weighted by Gasteiger charge is 2.35. The fourth-order valence-corrected chi connectivity index (χ4v) is 3.93. The van der Waals surface area contributed by atoms with Crippen molar-refractivity contribution in [1.29, 1.82) is 0 Å². The van der Waals surface area contributed by atoms with Gasteiger partial charge < -0.3 is 19.2 Å². The number of amides is 1. The van der Waals surface area contributed by atoms with Crippen LogP contribution < -0.4 is 9.47 Å². The molecule has 1 atom stereocenters. The van der Waals surface area contributed by atoms with E-state index >= 15 is 0 Å². The highest BCUT2D eigenvalue weighted by molar-refractivity contribution is 5.87. The maximum atomic E-state index is 12.7.